The molecule has 0 aromatic carbocycles. The number of hydrogen-bond acceptors (Lipinski definition) is 3. The molecule has 4 nitrogen and oxygen atoms in total. The number of carbonyl (C=O) groups is 1. The lowest BCUT2D eigenvalue weighted by Crippen LogP contribution is -2.23. The van der Waals surface area contributed by atoms with Crippen molar-refractivity contribution in [2.45, 2.75) is 31.9 Å². The number of halogens is 3. The predicted molar refractivity (Wildman–Crippen MR) is 48.1 cm³/mol. The highest BCUT2D eigenvalue weighted by atomic mass is 32.2. The van der Waals surface area contributed by atoms with Crippen LogP contribution in [0.2, 0.25) is 0 Å². The molecule has 0 bridgehead atoms. The molecule has 0 saturated carbocycles. The lowest BCUT2D eigenvalue weighted by molar-refractivity contribution is -0.129. The van der Waals surface area contributed by atoms with E-state index < -0.39 is 39.0 Å². The van der Waals surface area contributed by atoms with E-state index in [4.69, 9.17) is 4.55 Å². The highest BCUT2D eigenvalue weighted by Gasteiger charge is 2.44. The van der Waals surface area contributed by atoms with Crippen molar-refractivity contribution >= 4 is 15.9 Å². The molecule has 0 amide bonds. The first kappa shape index (κ1) is 13.2. The van der Waals surface area contributed by atoms with Crippen LogP contribution < -0.4 is 0 Å². The van der Waals surface area contributed by atoms with Gasteiger partial charge in [-0.05, 0) is 19.3 Å². The first-order chi connectivity index (χ1) is 7.14. The molecule has 1 rings (SSSR count). The van der Waals surface area contributed by atoms with Gasteiger partial charge in [-0.1, -0.05) is 0 Å². The first-order valence-corrected chi connectivity index (χ1v) is 5.89. The van der Waals surface area contributed by atoms with E-state index in [0.29, 0.717) is 0 Å². The average molecular weight is 258 g/mol. The van der Waals surface area contributed by atoms with Gasteiger partial charge in [-0.2, -0.15) is 21.6 Å². The molecule has 0 fully saturated rings. The number of ketones is 1. The van der Waals surface area contributed by atoms with Crippen molar-refractivity contribution < 1.29 is 30.9 Å². The molecule has 1 aliphatic carbocycles. The first-order valence-electron chi connectivity index (χ1n) is 4.45. The van der Waals surface area contributed by atoms with E-state index in [0.717, 1.165) is 0 Å². The topological polar surface area (TPSA) is 71.4 Å². The Morgan fingerprint density at radius 3 is 2.06 bits per heavy atom. The summed E-state index contributed by atoms with van der Waals surface area (Å²) in [4.78, 5) is 9.96. The zero-order valence-corrected chi connectivity index (χ0v) is 8.86. The smallest absolute Gasteiger partial charge is 0.294 e. The number of allylic oxidation sites excluding steroid dienone is 2. The Kier molecular flexibility index (Phi) is 3.44. The molecule has 16 heavy (non-hydrogen) atoms. The van der Waals surface area contributed by atoms with Crippen LogP contribution in [-0.4, -0.2) is 24.9 Å². The molecule has 92 valence electrons. The summed E-state index contributed by atoms with van der Waals surface area (Å²) in [6.45, 7) is 0. The van der Waals surface area contributed by atoms with E-state index in [-0.39, 0.29) is 19.3 Å². The van der Waals surface area contributed by atoms with Crippen LogP contribution in [0, 0.1) is 0 Å². The molecule has 0 heterocycles. The molecule has 0 aromatic rings. The molecular weight excluding hydrogens is 249 g/mol. The summed E-state index contributed by atoms with van der Waals surface area (Å²) in [7, 11) is -4.98. The van der Waals surface area contributed by atoms with Crippen molar-refractivity contribution in [3.63, 3.8) is 0 Å². The second-order valence-electron chi connectivity index (χ2n) is 3.40. The number of carbonyl (C=O) groups excluding carboxylic acids is 1. The van der Waals surface area contributed by atoms with Crippen LogP contribution in [0.25, 0.3) is 0 Å². The summed E-state index contributed by atoms with van der Waals surface area (Å²) in [5, 5.41) is 0. The maximum absolute atomic E-state index is 12.5. The molecule has 1 aliphatic rings. The van der Waals surface area contributed by atoms with Gasteiger partial charge < -0.3 is 0 Å². The van der Waals surface area contributed by atoms with Gasteiger partial charge in [-0.3, -0.25) is 9.35 Å². The van der Waals surface area contributed by atoms with Gasteiger partial charge in [0.1, 0.15) is 5.57 Å². The zero-order valence-electron chi connectivity index (χ0n) is 8.04. The Bertz CT molecular complexity index is 433. The van der Waals surface area contributed by atoms with Crippen LogP contribution in [-0.2, 0) is 14.9 Å². The quantitative estimate of drug-likeness (QED) is 0.728. The largest absolute Gasteiger partial charge is 0.420 e. The van der Waals surface area contributed by atoms with E-state index in [1.807, 2.05) is 0 Å². The third-order valence-electron chi connectivity index (χ3n) is 2.21. The second-order valence-corrected chi connectivity index (χ2v) is 4.84. The van der Waals surface area contributed by atoms with Crippen LogP contribution in [0.1, 0.15) is 25.7 Å². The summed E-state index contributed by atoms with van der Waals surface area (Å²) in [5.74, 6) is -1.28. The van der Waals surface area contributed by atoms with Gasteiger partial charge in [0, 0.05) is 6.42 Å². The molecule has 0 spiro atoms. The Morgan fingerprint density at radius 1 is 1.12 bits per heavy atom. The molecule has 0 unspecified atom stereocenters. The monoisotopic (exact) mass is 258 g/mol. The lowest BCUT2D eigenvalue weighted by Gasteiger charge is -2.12. The Hall–Kier alpha value is -0.890. The lowest BCUT2D eigenvalue weighted by atomic mass is 10.1. The third kappa shape index (κ3) is 2.82. The van der Waals surface area contributed by atoms with E-state index in [2.05, 4.69) is 0 Å². The number of Topliss-reactive ketones (excluding diaryl/α,β-unsaturated/α-hetero) is 1. The van der Waals surface area contributed by atoms with Crippen LogP contribution in [0.3, 0.4) is 0 Å². The molecule has 1 N–H and O–H groups in total. The van der Waals surface area contributed by atoms with E-state index in [9.17, 15) is 26.4 Å². The van der Waals surface area contributed by atoms with Crippen LogP contribution >= 0.6 is 0 Å². The van der Waals surface area contributed by atoms with Crippen molar-refractivity contribution in [1.82, 2.24) is 0 Å². The van der Waals surface area contributed by atoms with Gasteiger partial charge >= 0.3 is 6.18 Å². The molecule has 8 heteroatoms. The fraction of sp³-hybridized carbons (Fsp3) is 0.625. The van der Waals surface area contributed by atoms with Crippen molar-refractivity contribution in [3.8, 4) is 0 Å². The maximum atomic E-state index is 12.5. The normalized spacial score (nSPS) is 19.9. The Morgan fingerprint density at radius 2 is 1.62 bits per heavy atom. The molecule has 0 aliphatic heterocycles. The van der Waals surface area contributed by atoms with Gasteiger partial charge in [0.15, 0.2) is 5.78 Å². The number of alkyl halides is 3. The van der Waals surface area contributed by atoms with Gasteiger partial charge in [0.2, 0.25) is 0 Å². The Balaban J connectivity index is 3.45. The van der Waals surface area contributed by atoms with E-state index in [1.54, 1.807) is 0 Å². The predicted octanol–water partition coefficient (Wildman–Crippen LogP) is 1.83. The molecule has 0 radical (unpaired) electrons. The molecular formula is C8H9F3O4S. The molecule has 0 saturated heterocycles. The van der Waals surface area contributed by atoms with Gasteiger partial charge in [-0.15, -0.1) is 0 Å². The fourth-order valence-corrected chi connectivity index (χ4v) is 2.44. The molecule has 0 atom stereocenters. The van der Waals surface area contributed by atoms with Crippen LogP contribution in [0.4, 0.5) is 13.2 Å². The molecule has 0 aromatic heterocycles. The van der Waals surface area contributed by atoms with Crippen LogP contribution in [0.5, 0.6) is 0 Å². The van der Waals surface area contributed by atoms with E-state index >= 15 is 0 Å². The van der Waals surface area contributed by atoms with Gasteiger partial charge in [0.05, 0.1) is 4.91 Å². The minimum Gasteiger partial charge on any atom is -0.294 e. The maximum Gasteiger partial charge on any atom is 0.420 e. The Labute approximate surface area is 89.9 Å². The van der Waals surface area contributed by atoms with Crippen molar-refractivity contribution in [3.05, 3.63) is 10.5 Å². The summed E-state index contributed by atoms with van der Waals surface area (Å²) in [5.41, 5.74) is -1.73. The number of hydrogen-bond donors (Lipinski definition) is 1. The van der Waals surface area contributed by atoms with E-state index in [1.165, 1.54) is 0 Å². The minimum absolute atomic E-state index is 0.125. The summed E-state index contributed by atoms with van der Waals surface area (Å²) >= 11 is 0. The van der Waals surface area contributed by atoms with Crippen molar-refractivity contribution in [2.24, 2.45) is 0 Å². The third-order valence-corrected chi connectivity index (χ3v) is 3.24. The fourth-order valence-electron chi connectivity index (χ4n) is 1.55. The number of rotatable bonds is 1. The summed E-state index contributed by atoms with van der Waals surface area (Å²) in [6, 6.07) is 0. The van der Waals surface area contributed by atoms with Gasteiger partial charge in [-0.25, -0.2) is 0 Å². The SMILES string of the molecule is O=C1CCCCC(S(=O)(=O)O)=C1C(F)(F)F. The standard InChI is InChI=1S/C8H9F3O4S/c9-8(10,11)7-5(12)3-1-2-4-6(7)16(13,14)15/h1-4H2,(H,13,14,15). The summed E-state index contributed by atoms with van der Waals surface area (Å²) < 4.78 is 67.8. The highest BCUT2D eigenvalue weighted by Crippen LogP contribution is 2.36. The van der Waals surface area contributed by atoms with Crippen molar-refractivity contribution in [2.75, 3.05) is 0 Å². The van der Waals surface area contributed by atoms with Crippen molar-refractivity contribution in [1.29, 1.82) is 0 Å². The highest BCUT2D eigenvalue weighted by molar-refractivity contribution is 7.89. The average Bonchev–Trinajstić information content (AvgIpc) is 2.23. The second kappa shape index (κ2) is 4.17. The zero-order chi connectivity index (χ0) is 12.6. The van der Waals surface area contributed by atoms with Crippen LogP contribution in [0.15, 0.2) is 10.5 Å². The minimum atomic E-state index is -5.05. The summed E-state index contributed by atoms with van der Waals surface area (Å²) in [6.07, 6.45) is -5.56. The van der Waals surface area contributed by atoms with Gasteiger partial charge in [0.25, 0.3) is 10.1 Å².